The SMILES string of the molecule is CCc1c(C(=O)NC[C@H]([C@@H]2CCOC2)N2CCOCC2)cnn1-c1ccc(OC)nn1. The number of methoxy groups -OCH3 is 1. The molecule has 2 aromatic rings. The predicted molar refractivity (Wildman–Crippen MR) is 113 cm³/mol. The smallest absolute Gasteiger partial charge is 0.254 e. The van der Waals surface area contributed by atoms with Crippen LogP contribution in [-0.4, -0.2) is 90.0 Å². The van der Waals surface area contributed by atoms with Crippen LogP contribution in [0.1, 0.15) is 29.4 Å². The lowest BCUT2D eigenvalue weighted by Crippen LogP contribution is -2.52. The van der Waals surface area contributed by atoms with E-state index in [1.54, 1.807) is 30.1 Å². The van der Waals surface area contributed by atoms with Crippen LogP contribution >= 0.6 is 0 Å². The summed E-state index contributed by atoms with van der Waals surface area (Å²) in [4.78, 5) is 15.5. The van der Waals surface area contributed by atoms with Gasteiger partial charge in [0.05, 0.1) is 44.4 Å². The third kappa shape index (κ3) is 4.86. The summed E-state index contributed by atoms with van der Waals surface area (Å²) in [6.07, 6.45) is 3.26. The van der Waals surface area contributed by atoms with E-state index in [-0.39, 0.29) is 11.9 Å². The van der Waals surface area contributed by atoms with Crippen LogP contribution in [0, 0.1) is 5.92 Å². The van der Waals surface area contributed by atoms with E-state index < -0.39 is 0 Å². The van der Waals surface area contributed by atoms with Gasteiger partial charge in [0.2, 0.25) is 5.88 Å². The number of morpholine rings is 1. The quantitative estimate of drug-likeness (QED) is 0.653. The van der Waals surface area contributed by atoms with Crippen LogP contribution < -0.4 is 10.1 Å². The lowest BCUT2D eigenvalue weighted by atomic mass is 9.96. The van der Waals surface area contributed by atoms with E-state index in [1.807, 2.05) is 6.92 Å². The summed E-state index contributed by atoms with van der Waals surface area (Å²) in [5.74, 6) is 1.27. The standard InChI is InChI=1S/C21H30N6O4/c1-3-17-16(12-23-27(17)19-4-5-20(29-2)25-24-19)21(28)22-13-18(15-6-9-31-14-15)26-7-10-30-11-8-26/h4-5,12,15,18H,3,6-11,13-14H2,1-2H3,(H,22,28)/t15-,18-/m1/s1. The van der Waals surface area contributed by atoms with Crippen molar-refractivity contribution < 1.29 is 19.0 Å². The summed E-state index contributed by atoms with van der Waals surface area (Å²) in [7, 11) is 1.54. The molecule has 0 radical (unpaired) electrons. The summed E-state index contributed by atoms with van der Waals surface area (Å²) in [6.45, 7) is 7.32. The maximum atomic E-state index is 13.1. The van der Waals surface area contributed by atoms with E-state index in [0.717, 1.165) is 51.6 Å². The third-order valence-corrected chi connectivity index (χ3v) is 6.00. The molecule has 2 saturated heterocycles. The first-order valence-corrected chi connectivity index (χ1v) is 10.8. The minimum atomic E-state index is -0.123. The fourth-order valence-electron chi connectivity index (χ4n) is 4.29. The van der Waals surface area contributed by atoms with E-state index in [0.29, 0.717) is 36.1 Å². The first-order valence-electron chi connectivity index (χ1n) is 10.8. The zero-order chi connectivity index (χ0) is 21.6. The van der Waals surface area contributed by atoms with Crippen molar-refractivity contribution in [1.29, 1.82) is 0 Å². The average Bonchev–Trinajstić information content (AvgIpc) is 3.50. The highest BCUT2D eigenvalue weighted by atomic mass is 16.5. The summed E-state index contributed by atoms with van der Waals surface area (Å²) in [5, 5.41) is 15.7. The molecule has 0 unspecified atom stereocenters. The second-order valence-corrected chi connectivity index (χ2v) is 7.75. The number of aromatic nitrogens is 4. The lowest BCUT2D eigenvalue weighted by Gasteiger charge is -2.37. The molecule has 168 valence electrons. The molecule has 1 amide bonds. The van der Waals surface area contributed by atoms with Crippen LogP contribution in [0.25, 0.3) is 5.82 Å². The molecule has 0 aliphatic carbocycles. The molecule has 4 heterocycles. The number of nitrogens with one attached hydrogen (secondary N) is 1. The summed E-state index contributed by atoms with van der Waals surface area (Å²) < 4.78 is 17.8. The van der Waals surface area contributed by atoms with Crippen molar-refractivity contribution in [3.05, 3.63) is 29.6 Å². The number of hydrogen-bond donors (Lipinski definition) is 1. The van der Waals surface area contributed by atoms with Crippen LogP contribution in [-0.2, 0) is 15.9 Å². The maximum absolute atomic E-state index is 13.1. The van der Waals surface area contributed by atoms with Gasteiger partial charge in [0, 0.05) is 44.3 Å². The zero-order valence-corrected chi connectivity index (χ0v) is 18.1. The van der Waals surface area contributed by atoms with Crippen molar-refractivity contribution in [1.82, 2.24) is 30.2 Å². The highest BCUT2D eigenvalue weighted by molar-refractivity contribution is 5.95. The summed E-state index contributed by atoms with van der Waals surface area (Å²) in [6, 6.07) is 3.73. The number of hydrogen-bond acceptors (Lipinski definition) is 8. The van der Waals surface area contributed by atoms with Gasteiger partial charge in [-0.3, -0.25) is 9.69 Å². The largest absolute Gasteiger partial charge is 0.480 e. The minimum absolute atomic E-state index is 0.123. The Bertz CT molecular complexity index is 859. The molecule has 2 fully saturated rings. The van der Waals surface area contributed by atoms with Crippen LogP contribution in [0.5, 0.6) is 5.88 Å². The van der Waals surface area contributed by atoms with Gasteiger partial charge in [-0.05, 0) is 18.9 Å². The van der Waals surface area contributed by atoms with Crippen LogP contribution in [0.4, 0.5) is 0 Å². The Hall–Kier alpha value is -2.56. The molecule has 0 spiro atoms. The first-order chi connectivity index (χ1) is 15.2. The van der Waals surface area contributed by atoms with Gasteiger partial charge in [0.15, 0.2) is 5.82 Å². The van der Waals surface area contributed by atoms with Gasteiger partial charge < -0.3 is 19.5 Å². The topological polar surface area (TPSA) is 104 Å². The summed E-state index contributed by atoms with van der Waals surface area (Å²) >= 11 is 0. The van der Waals surface area contributed by atoms with Gasteiger partial charge >= 0.3 is 0 Å². The minimum Gasteiger partial charge on any atom is -0.480 e. The van der Waals surface area contributed by atoms with Crippen LogP contribution in [0.15, 0.2) is 18.3 Å². The molecule has 31 heavy (non-hydrogen) atoms. The molecule has 10 heteroatoms. The number of amides is 1. The maximum Gasteiger partial charge on any atom is 0.254 e. The monoisotopic (exact) mass is 430 g/mol. The molecule has 0 bridgehead atoms. The fraction of sp³-hybridized carbons (Fsp3) is 0.619. The molecule has 0 aromatic carbocycles. The number of ether oxygens (including phenoxy) is 3. The number of carbonyl (C=O) groups is 1. The van der Waals surface area contributed by atoms with E-state index in [4.69, 9.17) is 14.2 Å². The molecule has 2 atom stereocenters. The Kier molecular flexibility index (Phi) is 7.10. The molecular weight excluding hydrogens is 400 g/mol. The number of carbonyl (C=O) groups excluding carboxylic acids is 1. The second-order valence-electron chi connectivity index (χ2n) is 7.75. The highest BCUT2D eigenvalue weighted by Crippen LogP contribution is 2.22. The third-order valence-electron chi connectivity index (χ3n) is 6.00. The molecule has 10 nitrogen and oxygen atoms in total. The second kappa shape index (κ2) is 10.2. The van der Waals surface area contributed by atoms with Crippen molar-refractivity contribution in [2.24, 2.45) is 5.92 Å². The molecule has 4 rings (SSSR count). The van der Waals surface area contributed by atoms with Crippen molar-refractivity contribution in [2.75, 3.05) is 53.2 Å². The van der Waals surface area contributed by atoms with Crippen molar-refractivity contribution in [3.63, 3.8) is 0 Å². The number of nitrogens with zero attached hydrogens (tertiary/aromatic N) is 5. The molecule has 1 N–H and O–H groups in total. The molecule has 2 aliphatic rings. The van der Waals surface area contributed by atoms with Crippen molar-refractivity contribution >= 4 is 5.91 Å². The van der Waals surface area contributed by atoms with Gasteiger partial charge in [0.1, 0.15) is 0 Å². The Balaban J connectivity index is 1.47. The Morgan fingerprint density at radius 1 is 1.26 bits per heavy atom. The Morgan fingerprint density at radius 3 is 2.74 bits per heavy atom. The number of rotatable bonds is 8. The highest BCUT2D eigenvalue weighted by Gasteiger charge is 2.32. The van der Waals surface area contributed by atoms with Crippen molar-refractivity contribution in [3.8, 4) is 11.7 Å². The van der Waals surface area contributed by atoms with Gasteiger partial charge in [0.25, 0.3) is 5.91 Å². The molecular formula is C21H30N6O4. The van der Waals surface area contributed by atoms with Crippen LogP contribution in [0.3, 0.4) is 0 Å². The molecule has 2 aliphatic heterocycles. The first kappa shape index (κ1) is 21.7. The Morgan fingerprint density at radius 2 is 2.10 bits per heavy atom. The van der Waals surface area contributed by atoms with E-state index in [2.05, 4.69) is 25.5 Å². The summed E-state index contributed by atoms with van der Waals surface area (Å²) in [5.41, 5.74) is 1.35. The van der Waals surface area contributed by atoms with Gasteiger partial charge in [-0.25, -0.2) is 4.68 Å². The van der Waals surface area contributed by atoms with Gasteiger partial charge in [-0.15, -0.1) is 10.2 Å². The van der Waals surface area contributed by atoms with E-state index in [9.17, 15) is 4.79 Å². The predicted octanol–water partition coefficient (Wildman–Crippen LogP) is 0.700. The van der Waals surface area contributed by atoms with Crippen LogP contribution in [0.2, 0.25) is 0 Å². The zero-order valence-electron chi connectivity index (χ0n) is 18.1. The fourth-order valence-corrected chi connectivity index (χ4v) is 4.29. The van der Waals surface area contributed by atoms with E-state index in [1.165, 1.54) is 0 Å². The Labute approximate surface area is 181 Å². The molecule has 2 aromatic heterocycles. The molecule has 0 saturated carbocycles. The normalized spacial score (nSPS) is 20.5. The van der Waals surface area contributed by atoms with E-state index >= 15 is 0 Å². The van der Waals surface area contributed by atoms with Crippen molar-refractivity contribution in [2.45, 2.75) is 25.8 Å². The lowest BCUT2D eigenvalue weighted by molar-refractivity contribution is 0.00166. The van der Waals surface area contributed by atoms with Gasteiger partial charge in [-0.1, -0.05) is 6.92 Å². The van der Waals surface area contributed by atoms with Gasteiger partial charge in [-0.2, -0.15) is 5.10 Å². The average molecular weight is 431 g/mol.